The van der Waals surface area contributed by atoms with Gasteiger partial charge in [-0.25, -0.2) is 14.3 Å². The molecule has 7 N–H and O–H groups in total. The van der Waals surface area contributed by atoms with Gasteiger partial charge in [-0.1, -0.05) is 43.0 Å². The number of rotatable bonds is 18. The average Bonchev–Trinajstić information content (AvgIpc) is 2.95. The molecule has 14 nitrogen and oxygen atoms in total. The van der Waals surface area contributed by atoms with Gasteiger partial charge in [-0.2, -0.15) is 4.83 Å². The third kappa shape index (κ3) is 17.0. The lowest BCUT2D eigenvalue weighted by molar-refractivity contribution is -0.129. The van der Waals surface area contributed by atoms with Crippen molar-refractivity contribution in [3.8, 4) is 0 Å². The van der Waals surface area contributed by atoms with Crippen molar-refractivity contribution in [1.29, 1.82) is 0 Å². The lowest BCUT2D eigenvalue weighted by atomic mass is 10.0. The Morgan fingerprint density at radius 2 is 1.65 bits per heavy atom. The van der Waals surface area contributed by atoms with E-state index in [1.165, 1.54) is 20.0 Å². The molecule has 1 aromatic rings. The molecular formula is C28H45N7O7S. The van der Waals surface area contributed by atoms with Crippen LogP contribution in [0.15, 0.2) is 43.0 Å². The summed E-state index contributed by atoms with van der Waals surface area (Å²) >= 11 is 0.857. The molecule has 0 aromatic heterocycles. The number of benzene rings is 1. The molecular weight excluding hydrogens is 578 g/mol. The Morgan fingerprint density at radius 1 is 0.953 bits per heavy atom. The fourth-order valence-corrected chi connectivity index (χ4v) is 3.98. The van der Waals surface area contributed by atoms with Gasteiger partial charge in [0.1, 0.15) is 30.3 Å². The van der Waals surface area contributed by atoms with Gasteiger partial charge in [-0.05, 0) is 58.9 Å². The monoisotopic (exact) mass is 623 g/mol. The van der Waals surface area contributed by atoms with E-state index in [4.69, 9.17) is 9.47 Å². The smallest absolute Gasteiger partial charge is 0.408 e. The van der Waals surface area contributed by atoms with Crippen molar-refractivity contribution in [3.05, 3.63) is 48.6 Å². The van der Waals surface area contributed by atoms with Crippen molar-refractivity contribution >= 4 is 42.0 Å². The van der Waals surface area contributed by atoms with Crippen molar-refractivity contribution in [2.45, 2.75) is 77.1 Å². The highest BCUT2D eigenvalue weighted by Crippen LogP contribution is 2.09. The maximum absolute atomic E-state index is 13.3. The van der Waals surface area contributed by atoms with Gasteiger partial charge in [0, 0.05) is 25.7 Å². The summed E-state index contributed by atoms with van der Waals surface area (Å²) in [5.41, 5.74) is 2.69. The topological polar surface area (TPSA) is 188 Å². The van der Waals surface area contributed by atoms with Crippen LogP contribution in [0.25, 0.3) is 0 Å². The van der Waals surface area contributed by atoms with Gasteiger partial charge in [0.15, 0.2) is 0 Å². The Kier molecular flexibility index (Phi) is 17.4. The molecule has 0 unspecified atom stereocenters. The molecule has 0 aliphatic rings. The van der Waals surface area contributed by atoms with E-state index in [0.717, 1.165) is 17.7 Å². The Labute approximate surface area is 257 Å². The lowest BCUT2D eigenvalue weighted by Crippen LogP contribution is -2.53. The SMILES string of the molecule is C=CCOC(=O)N[C@@H](C)C(=O)NNSN[C@H](Cc1ccccc1)C(=O)N[C@@H](CCCCNC(=O)OC(C)(C)C)C(=O)NC. The minimum atomic E-state index is -0.901. The third-order valence-electron chi connectivity index (χ3n) is 5.55. The minimum Gasteiger partial charge on any atom is -0.445 e. The van der Waals surface area contributed by atoms with Gasteiger partial charge >= 0.3 is 12.2 Å². The normalized spacial score (nSPS) is 13.0. The summed E-state index contributed by atoms with van der Waals surface area (Å²) in [7, 11) is 1.49. The number of hydrogen-bond acceptors (Lipinski definition) is 10. The maximum Gasteiger partial charge on any atom is 0.408 e. The molecule has 1 rings (SSSR count). The second kappa shape index (κ2) is 20.1. The zero-order valence-electron chi connectivity index (χ0n) is 25.4. The number of carbonyl (C=O) groups is 5. The molecule has 0 bridgehead atoms. The number of ether oxygens (including phenoxy) is 2. The first-order chi connectivity index (χ1) is 20.4. The van der Waals surface area contributed by atoms with Crippen LogP contribution in [0.3, 0.4) is 0 Å². The molecule has 5 amide bonds. The van der Waals surface area contributed by atoms with Gasteiger partial charge in [-0.15, -0.1) is 0 Å². The second-order valence-corrected chi connectivity index (χ2v) is 11.1. The maximum atomic E-state index is 13.3. The Balaban J connectivity index is 2.69. The highest BCUT2D eigenvalue weighted by atomic mass is 32.2. The summed E-state index contributed by atoms with van der Waals surface area (Å²) in [6, 6.07) is 6.81. The number of hydrogen-bond donors (Lipinski definition) is 7. The van der Waals surface area contributed by atoms with Gasteiger partial charge in [-0.3, -0.25) is 19.8 Å². The first-order valence-electron chi connectivity index (χ1n) is 13.9. The molecule has 0 spiro atoms. The molecule has 0 heterocycles. The highest BCUT2D eigenvalue weighted by Gasteiger charge is 2.26. The summed E-state index contributed by atoms with van der Waals surface area (Å²) in [5.74, 6) is -1.32. The standard InChI is InChI=1S/C28H45N7O7S/c1-7-17-41-27(40)31-19(2)23(36)33-35-43-34-22(18-20-13-9-8-10-14-20)25(38)32-21(24(37)29-6)15-11-12-16-30-26(39)42-28(3,4)5/h7-10,13-14,19,21-22,34-35H,1,11-12,15-18H2,2-6H3,(H,29,37)(H,30,39)(H,31,40)(H,32,38)(H,33,36)/t19-,21-,22+/m0/s1. The first-order valence-corrected chi connectivity index (χ1v) is 14.7. The highest BCUT2D eigenvalue weighted by molar-refractivity contribution is 7.95. The number of hydrazine groups is 1. The van der Waals surface area contributed by atoms with E-state index in [9.17, 15) is 24.0 Å². The number of unbranched alkanes of at least 4 members (excludes halogenated alkanes) is 1. The fourth-order valence-electron chi connectivity index (χ4n) is 3.43. The molecule has 15 heteroatoms. The molecule has 3 atom stereocenters. The van der Waals surface area contributed by atoms with Crippen LogP contribution in [0.1, 0.15) is 52.5 Å². The molecule has 0 radical (unpaired) electrons. The van der Waals surface area contributed by atoms with Crippen LogP contribution in [0.4, 0.5) is 9.59 Å². The van der Waals surface area contributed by atoms with E-state index in [-0.39, 0.29) is 12.5 Å². The number of alkyl carbamates (subject to hydrolysis) is 2. The van der Waals surface area contributed by atoms with Gasteiger partial charge in [0.25, 0.3) is 5.91 Å². The number of amides is 5. The lowest BCUT2D eigenvalue weighted by Gasteiger charge is -2.23. The minimum absolute atomic E-state index is 0.00907. The second-order valence-electron chi connectivity index (χ2n) is 10.4. The third-order valence-corrected chi connectivity index (χ3v) is 6.16. The van der Waals surface area contributed by atoms with Crippen LogP contribution in [-0.2, 0) is 30.3 Å². The van der Waals surface area contributed by atoms with E-state index < -0.39 is 47.7 Å². The van der Waals surface area contributed by atoms with Crippen LogP contribution in [0, 0.1) is 0 Å². The van der Waals surface area contributed by atoms with E-state index >= 15 is 0 Å². The van der Waals surface area contributed by atoms with Crippen molar-refractivity contribution in [3.63, 3.8) is 0 Å². The van der Waals surface area contributed by atoms with Gasteiger partial charge in [0.2, 0.25) is 11.8 Å². The summed E-state index contributed by atoms with van der Waals surface area (Å²) in [4.78, 5) is 64.2. The molecule has 0 saturated carbocycles. The largest absolute Gasteiger partial charge is 0.445 e. The summed E-state index contributed by atoms with van der Waals surface area (Å²) in [6.45, 7) is 10.6. The molecule has 240 valence electrons. The number of carbonyl (C=O) groups excluding carboxylic acids is 5. The van der Waals surface area contributed by atoms with Crippen LogP contribution in [-0.4, -0.2) is 73.8 Å². The van der Waals surface area contributed by atoms with Crippen molar-refractivity contribution in [1.82, 2.24) is 36.2 Å². The van der Waals surface area contributed by atoms with E-state index in [2.05, 4.69) is 42.8 Å². The number of nitrogens with one attached hydrogen (secondary N) is 7. The van der Waals surface area contributed by atoms with Crippen molar-refractivity contribution in [2.24, 2.45) is 0 Å². The van der Waals surface area contributed by atoms with Crippen LogP contribution in [0.2, 0.25) is 0 Å². The quantitative estimate of drug-likeness (QED) is 0.0548. The Hall–Kier alpha value is -3.82. The van der Waals surface area contributed by atoms with Gasteiger partial charge < -0.3 is 30.7 Å². The predicted octanol–water partition coefficient (Wildman–Crippen LogP) is 1.60. The molecule has 43 heavy (non-hydrogen) atoms. The van der Waals surface area contributed by atoms with Crippen LogP contribution in [0.5, 0.6) is 0 Å². The van der Waals surface area contributed by atoms with E-state index in [1.807, 2.05) is 30.3 Å². The number of likely N-dealkylation sites (N-methyl/N-ethyl adjacent to an activating group) is 1. The van der Waals surface area contributed by atoms with E-state index in [1.54, 1.807) is 20.8 Å². The van der Waals surface area contributed by atoms with Gasteiger partial charge in [0.05, 0.1) is 0 Å². The predicted molar refractivity (Wildman–Crippen MR) is 164 cm³/mol. The fraction of sp³-hybridized carbons (Fsp3) is 0.536. The first kappa shape index (κ1) is 37.2. The summed E-state index contributed by atoms with van der Waals surface area (Å²) in [6.07, 6.45) is 1.90. The van der Waals surface area contributed by atoms with Crippen LogP contribution >= 0.6 is 12.1 Å². The summed E-state index contributed by atoms with van der Waals surface area (Å²) in [5, 5.41) is 10.4. The molecule has 0 aliphatic carbocycles. The summed E-state index contributed by atoms with van der Waals surface area (Å²) < 4.78 is 13.0. The Bertz CT molecular complexity index is 1050. The molecule has 0 saturated heterocycles. The Morgan fingerprint density at radius 3 is 2.28 bits per heavy atom. The van der Waals surface area contributed by atoms with Crippen molar-refractivity contribution < 1.29 is 33.4 Å². The zero-order valence-corrected chi connectivity index (χ0v) is 26.2. The molecule has 0 fully saturated rings. The zero-order chi connectivity index (χ0) is 32.3. The average molecular weight is 624 g/mol. The van der Waals surface area contributed by atoms with Crippen LogP contribution < -0.4 is 36.2 Å². The molecule has 0 aliphatic heterocycles. The van der Waals surface area contributed by atoms with Crippen molar-refractivity contribution in [2.75, 3.05) is 20.2 Å². The molecule has 1 aromatic carbocycles. The van der Waals surface area contributed by atoms with E-state index in [0.29, 0.717) is 32.2 Å².